The number of thiazole rings is 1. The molecule has 1 N–H and O–H groups in total. The van der Waals surface area contributed by atoms with Crippen LogP contribution in [0.15, 0.2) is 77.8 Å². The van der Waals surface area contributed by atoms with E-state index >= 15 is 0 Å². The maximum absolute atomic E-state index is 12.7. The van der Waals surface area contributed by atoms with Crippen molar-refractivity contribution in [2.24, 2.45) is 0 Å². The third-order valence-corrected chi connectivity index (χ3v) is 6.78. The molecule has 0 aliphatic heterocycles. The first-order valence-corrected chi connectivity index (χ1v) is 11.6. The number of fused-ring (bicyclic) bond motifs is 2. The van der Waals surface area contributed by atoms with E-state index in [2.05, 4.69) is 20.5 Å². The van der Waals surface area contributed by atoms with E-state index in [1.54, 1.807) is 11.3 Å². The van der Waals surface area contributed by atoms with Crippen molar-refractivity contribution < 1.29 is 4.79 Å². The van der Waals surface area contributed by atoms with E-state index in [-0.39, 0.29) is 11.7 Å². The van der Waals surface area contributed by atoms with Crippen molar-refractivity contribution in [3.8, 4) is 11.3 Å². The third kappa shape index (κ3) is 4.02. The molecule has 0 unspecified atom stereocenters. The average molecular weight is 443 g/mol. The molecule has 5 nitrogen and oxygen atoms in total. The van der Waals surface area contributed by atoms with Crippen LogP contribution in [-0.2, 0) is 4.79 Å². The minimum absolute atomic E-state index is 0.0876. The molecule has 0 atom stereocenters. The van der Waals surface area contributed by atoms with Crippen molar-refractivity contribution >= 4 is 55.7 Å². The molecule has 5 rings (SSSR count). The Hall–Kier alpha value is -3.29. The molecule has 3 aromatic carbocycles. The van der Waals surface area contributed by atoms with Crippen LogP contribution >= 0.6 is 23.1 Å². The molecule has 0 saturated carbocycles. The number of benzene rings is 3. The van der Waals surface area contributed by atoms with Gasteiger partial charge in [-0.1, -0.05) is 78.5 Å². The molecule has 0 aliphatic carbocycles. The van der Waals surface area contributed by atoms with Gasteiger partial charge in [-0.2, -0.15) is 0 Å². The van der Waals surface area contributed by atoms with Crippen molar-refractivity contribution in [2.45, 2.75) is 11.9 Å². The van der Waals surface area contributed by atoms with Crippen molar-refractivity contribution in [3.05, 3.63) is 77.8 Å². The number of nitrogens with zero attached hydrogens (tertiary/aromatic N) is 3. The molecule has 0 aliphatic rings. The van der Waals surface area contributed by atoms with Gasteiger partial charge in [0.2, 0.25) is 5.91 Å². The highest BCUT2D eigenvalue weighted by Gasteiger charge is 2.17. The van der Waals surface area contributed by atoms with Gasteiger partial charge < -0.3 is 5.32 Å². The zero-order valence-electron chi connectivity index (χ0n) is 16.7. The summed E-state index contributed by atoms with van der Waals surface area (Å²) >= 11 is 2.96. The quantitative estimate of drug-likeness (QED) is 0.341. The van der Waals surface area contributed by atoms with E-state index in [1.807, 2.05) is 79.7 Å². The lowest BCUT2D eigenvalue weighted by atomic mass is 10.1. The Morgan fingerprint density at radius 3 is 2.61 bits per heavy atom. The molecule has 1 amide bonds. The number of amides is 1. The fourth-order valence-electron chi connectivity index (χ4n) is 3.46. The molecule has 152 valence electrons. The summed E-state index contributed by atoms with van der Waals surface area (Å²) in [6.07, 6.45) is 0. The molecule has 0 spiro atoms. The van der Waals surface area contributed by atoms with Crippen LogP contribution in [0, 0.1) is 6.92 Å². The fourth-order valence-corrected chi connectivity index (χ4v) is 5.17. The van der Waals surface area contributed by atoms with Crippen molar-refractivity contribution in [1.82, 2.24) is 15.2 Å². The highest BCUT2D eigenvalue weighted by atomic mass is 32.2. The Balaban J connectivity index is 1.38. The van der Waals surface area contributed by atoms with E-state index in [1.165, 1.54) is 11.8 Å². The first-order chi connectivity index (χ1) is 15.2. The summed E-state index contributed by atoms with van der Waals surface area (Å²) in [4.78, 5) is 17.3. The van der Waals surface area contributed by atoms with Gasteiger partial charge in [-0.3, -0.25) is 4.79 Å². The number of nitrogens with one attached hydrogen (secondary N) is 1. The van der Waals surface area contributed by atoms with Crippen LogP contribution in [0.4, 0.5) is 5.69 Å². The number of aromatic nitrogens is 3. The summed E-state index contributed by atoms with van der Waals surface area (Å²) in [5.74, 6) is 0.143. The van der Waals surface area contributed by atoms with Gasteiger partial charge in [0.1, 0.15) is 16.2 Å². The topological polar surface area (TPSA) is 67.8 Å². The molecule has 2 aromatic heterocycles. The summed E-state index contributed by atoms with van der Waals surface area (Å²) in [5.41, 5.74) is 3.45. The number of hydrogen-bond donors (Lipinski definition) is 1. The molecule has 0 saturated heterocycles. The van der Waals surface area contributed by atoms with Crippen LogP contribution in [0.1, 0.15) is 5.01 Å². The largest absolute Gasteiger partial charge is 0.325 e. The van der Waals surface area contributed by atoms with Gasteiger partial charge in [-0.15, -0.1) is 21.5 Å². The number of rotatable bonds is 5. The molecular weight excluding hydrogens is 424 g/mol. The van der Waals surface area contributed by atoms with Gasteiger partial charge >= 0.3 is 0 Å². The summed E-state index contributed by atoms with van der Waals surface area (Å²) < 4.78 is 0.996. The van der Waals surface area contributed by atoms with Crippen LogP contribution in [-0.4, -0.2) is 26.8 Å². The highest BCUT2D eigenvalue weighted by Crippen LogP contribution is 2.35. The van der Waals surface area contributed by atoms with Crippen LogP contribution in [0.25, 0.3) is 32.2 Å². The molecule has 0 fully saturated rings. The minimum atomic E-state index is -0.0876. The average Bonchev–Trinajstić information content (AvgIpc) is 3.20. The van der Waals surface area contributed by atoms with E-state index < -0.39 is 0 Å². The lowest BCUT2D eigenvalue weighted by molar-refractivity contribution is -0.113. The van der Waals surface area contributed by atoms with E-state index in [4.69, 9.17) is 0 Å². The molecule has 31 heavy (non-hydrogen) atoms. The van der Waals surface area contributed by atoms with E-state index in [0.717, 1.165) is 42.9 Å². The van der Waals surface area contributed by atoms with Gasteiger partial charge in [0.15, 0.2) is 0 Å². The summed E-state index contributed by atoms with van der Waals surface area (Å²) in [7, 11) is 0. The number of carbonyl (C=O) groups is 1. The molecule has 2 heterocycles. The maximum atomic E-state index is 12.7. The molecule has 7 heteroatoms. The van der Waals surface area contributed by atoms with Crippen LogP contribution in [0.5, 0.6) is 0 Å². The van der Waals surface area contributed by atoms with Crippen molar-refractivity contribution in [2.75, 3.05) is 11.1 Å². The lowest BCUT2D eigenvalue weighted by Crippen LogP contribution is -2.14. The Labute approximate surface area is 187 Å². The molecule has 5 aromatic rings. The van der Waals surface area contributed by atoms with Gasteiger partial charge in [0.05, 0.1) is 15.5 Å². The first-order valence-electron chi connectivity index (χ1n) is 9.79. The van der Waals surface area contributed by atoms with Crippen molar-refractivity contribution in [3.63, 3.8) is 0 Å². The van der Waals surface area contributed by atoms with Crippen molar-refractivity contribution in [1.29, 1.82) is 0 Å². The molecule has 0 radical (unpaired) electrons. The first kappa shape index (κ1) is 19.7. The summed E-state index contributed by atoms with van der Waals surface area (Å²) in [6, 6.07) is 23.9. The van der Waals surface area contributed by atoms with Gasteiger partial charge in [-0.25, -0.2) is 4.98 Å². The monoisotopic (exact) mass is 442 g/mol. The fraction of sp³-hybridized carbons (Fsp3) is 0.0833. The second-order valence-electron chi connectivity index (χ2n) is 6.99. The summed E-state index contributed by atoms with van der Waals surface area (Å²) in [5, 5.41) is 15.6. The lowest BCUT2D eigenvalue weighted by Gasteiger charge is -2.09. The number of carbonyl (C=O) groups excluding carboxylic acids is 1. The van der Waals surface area contributed by atoms with Crippen LogP contribution < -0.4 is 5.32 Å². The Kier molecular flexibility index (Phi) is 5.36. The predicted octanol–water partition coefficient (Wildman–Crippen LogP) is 5.95. The minimum Gasteiger partial charge on any atom is -0.325 e. The summed E-state index contributed by atoms with van der Waals surface area (Å²) in [6.45, 7) is 1.97. The number of hydrogen-bond acceptors (Lipinski definition) is 6. The SMILES string of the molecule is Cc1nc2c(SCC(=O)Nc3cccc4ccccc34)nnc(-c3ccccc3)c2s1. The third-order valence-electron chi connectivity index (χ3n) is 4.84. The standard InChI is InChI=1S/C24H18N4OS2/c1-15-25-22-23(31-15)21(17-9-3-2-4-10-17)27-28-24(22)30-14-20(29)26-19-13-7-11-16-8-5-6-12-18(16)19/h2-13H,14H2,1H3,(H,26,29). The zero-order chi connectivity index (χ0) is 21.2. The maximum Gasteiger partial charge on any atom is 0.234 e. The Morgan fingerprint density at radius 2 is 1.74 bits per heavy atom. The van der Waals surface area contributed by atoms with Crippen LogP contribution in [0.3, 0.4) is 0 Å². The van der Waals surface area contributed by atoms with Gasteiger partial charge in [-0.05, 0) is 18.4 Å². The highest BCUT2D eigenvalue weighted by molar-refractivity contribution is 8.00. The normalized spacial score (nSPS) is 11.1. The van der Waals surface area contributed by atoms with Crippen LogP contribution in [0.2, 0.25) is 0 Å². The Bertz CT molecular complexity index is 1390. The second kappa shape index (κ2) is 8.45. The molecular formula is C24H18N4OS2. The van der Waals surface area contributed by atoms with Gasteiger partial charge in [0.25, 0.3) is 0 Å². The number of aryl methyl sites for hydroxylation is 1. The zero-order valence-corrected chi connectivity index (χ0v) is 18.3. The van der Waals surface area contributed by atoms with Gasteiger partial charge in [0, 0.05) is 16.6 Å². The predicted molar refractivity (Wildman–Crippen MR) is 129 cm³/mol. The van der Waals surface area contributed by atoms with E-state index in [9.17, 15) is 4.79 Å². The van der Waals surface area contributed by atoms with E-state index in [0.29, 0.717) is 5.03 Å². The molecule has 0 bridgehead atoms. The second-order valence-corrected chi connectivity index (χ2v) is 9.16. The Morgan fingerprint density at radius 1 is 0.968 bits per heavy atom. The number of anilines is 1. The smallest absolute Gasteiger partial charge is 0.234 e. The number of thioether (sulfide) groups is 1.